The van der Waals surface area contributed by atoms with E-state index in [0.29, 0.717) is 30.2 Å². The Balaban J connectivity index is 2.45. The van der Waals surface area contributed by atoms with Gasteiger partial charge in [-0.15, -0.1) is 0 Å². The number of aromatic nitrogens is 2. The van der Waals surface area contributed by atoms with E-state index in [2.05, 4.69) is 11.1 Å². The fraction of sp³-hybridized carbons (Fsp3) is 0.385. The quantitative estimate of drug-likeness (QED) is 0.891. The molecule has 1 unspecified atom stereocenters. The second kappa shape index (κ2) is 5.07. The average molecular weight is 244 g/mol. The first-order valence-corrected chi connectivity index (χ1v) is 5.93. The molecule has 1 heterocycles. The molecular weight excluding hydrogens is 228 g/mol. The molecule has 0 aliphatic rings. The first-order chi connectivity index (χ1) is 8.67. The molecule has 1 atom stereocenters. The van der Waals surface area contributed by atoms with Crippen LogP contribution in [0.4, 0.5) is 5.95 Å². The number of nitrogens with zero attached hydrogens (tertiary/aromatic N) is 3. The number of para-hydroxylation sites is 1. The second-order valence-corrected chi connectivity index (χ2v) is 4.13. The fourth-order valence-corrected chi connectivity index (χ4v) is 2.04. The molecule has 5 nitrogen and oxygen atoms in total. The zero-order valence-electron chi connectivity index (χ0n) is 10.6. The van der Waals surface area contributed by atoms with Gasteiger partial charge in [0, 0.05) is 6.61 Å². The summed E-state index contributed by atoms with van der Waals surface area (Å²) in [5, 5.41) is 9.04. The number of benzene rings is 1. The maximum atomic E-state index is 9.04. The zero-order chi connectivity index (χ0) is 13.1. The van der Waals surface area contributed by atoms with E-state index in [-0.39, 0.29) is 6.10 Å². The van der Waals surface area contributed by atoms with Crippen LogP contribution in [-0.2, 0) is 11.3 Å². The largest absolute Gasteiger partial charge is 0.377 e. The summed E-state index contributed by atoms with van der Waals surface area (Å²) in [6, 6.07) is 7.62. The van der Waals surface area contributed by atoms with Crippen LogP contribution in [0.2, 0.25) is 0 Å². The molecule has 2 aromatic rings. The van der Waals surface area contributed by atoms with Crippen molar-refractivity contribution in [3.63, 3.8) is 0 Å². The van der Waals surface area contributed by atoms with Gasteiger partial charge >= 0.3 is 0 Å². The number of nitrogen functional groups attached to an aromatic ring is 1. The van der Waals surface area contributed by atoms with Gasteiger partial charge < -0.3 is 15.0 Å². The lowest BCUT2D eigenvalue weighted by Crippen LogP contribution is -2.17. The number of anilines is 1. The molecule has 0 fully saturated rings. The SMILES string of the molecule is CCOC(C)Cn1c(N)nc2c(C#N)cccc21. The molecule has 2 N–H and O–H groups in total. The summed E-state index contributed by atoms with van der Waals surface area (Å²) in [5.41, 5.74) is 7.98. The number of hydrogen-bond donors (Lipinski definition) is 1. The van der Waals surface area contributed by atoms with Crippen LogP contribution < -0.4 is 5.73 Å². The van der Waals surface area contributed by atoms with Crippen LogP contribution in [0.3, 0.4) is 0 Å². The van der Waals surface area contributed by atoms with Crippen LogP contribution >= 0.6 is 0 Å². The van der Waals surface area contributed by atoms with Crippen molar-refractivity contribution >= 4 is 17.0 Å². The van der Waals surface area contributed by atoms with E-state index in [1.165, 1.54) is 0 Å². The molecule has 0 radical (unpaired) electrons. The molecule has 0 saturated carbocycles. The van der Waals surface area contributed by atoms with Crippen LogP contribution in [0.25, 0.3) is 11.0 Å². The number of nitrogens with two attached hydrogens (primary N) is 1. The minimum Gasteiger partial charge on any atom is -0.377 e. The van der Waals surface area contributed by atoms with E-state index in [1.54, 1.807) is 6.07 Å². The van der Waals surface area contributed by atoms with E-state index in [4.69, 9.17) is 15.7 Å². The van der Waals surface area contributed by atoms with Gasteiger partial charge in [0.25, 0.3) is 0 Å². The lowest BCUT2D eigenvalue weighted by molar-refractivity contribution is 0.0652. The molecule has 0 aliphatic heterocycles. The summed E-state index contributed by atoms with van der Waals surface area (Å²) in [6.07, 6.45) is 0.0560. The molecule has 5 heteroatoms. The Morgan fingerprint density at radius 3 is 3.00 bits per heavy atom. The summed E-state index contributed by atoms with van der Waals surface area (Å²) >= 11 is 0. The van der Waals surface area contributed by atoms with Gasteiger partial charge in [-0.2, -0.15) is 5.26 Å². The van der Waals surface area contributed by atoms with Gasteiger partial charge in [0.15, 0.2) is 0 Å². The molecule has 0 saturated heterocycles. The third-order valence-corrected chi connectivity index (χ3v) is 2.82. The first-order valence-electron chi connectivity index (χ1n) is 5.93. The molecule has 0 amide bonds. The van der Waals surface area contributed by atoms with Crippen molar-refractivity contribution in [3.8, 4) is 6.07 Å². The molecule has 2 rings (SSSR count). The summed E-state index contributed by atoms with van der Waals surface area (Å²) < 4.78 is 7.39. The maximum absolute atomic E-state index is 9.04. The van der Waals surface area contributed by atoms with Crippen molar-refractivity contribution in [2.75, 3.05) is 12.3 Å². The highest BCUT2D eigenvalue weighted by atomic mass is 16.5. The molecule has 1 aromatic heterocycles. The Labute approximate surface area is 106 Å². The van der Waals surface area contributed by atoms with Crippen LogP contribution in [0.5, 0.6) is 0 Å². The summed E-state index contributed by atoms with van der Waals surface area (Å²) in [7, 11) is 0. The molecule has 0 bridgehead atoms. The van der Waals surface area contributed by atoms with Crippen molar-refractivity contribution in [1.29, 1.82) is 5.26 Å². The number of fused-ring (bicyclic) bond motifs is 1. The predicted molar refractivity (Wildman–Crippen MR) is 69.9 cm³/mol. The molecule has 0 spiro atoms. The predicted octanol–water partition coefficient (Wildman–Crippen LogP) is 1.92. The van der Waals surface area contributed by atoms with E-state index >= 15 is 0 Å². The van der Waals surface area contributed by atoms with Crippen molar-refractivity contribution in [1.82, 2.24) is 9.55 Å². The highest BCUT2D eigenvalue weighted by Crippen LogP contribution is 2.21. The van der Waals surface area contributed by atoms with Crippen LogP contribution in [-0.4, -0.2) is 22.3 Å². The van der Waals surface area contributed by atoms with Gasteiger partial charge in [0.1, 0.15) is 11.6 Å². The third kappa shape index (κ3) is 2.15. The Morgan fingerprint density at radius 1 is 1.56 bits per heavy atom. The van der Waals surface area contributed by atoms with E-state index < -0.39 is 0 Å². The topological polar surface area (TPSA) is 76.9 Å². The molecular formula is C13H16N4O. The van der Waals surface area contributed by atoms with E-state index in [9.17, 15) is 0 Å². The summed E-state index contributed by atoms with van der Waals surface area (Å²) in [5.74, 6) is 0.416. The fourth-order valence-electron chi connectivity index (χ4n) is 2.04. The van der Waals surface area contributed by atoms with Crippen molar-refractivity contribution < 1.29 is 4.74 Å². The lowest BCUT2D eigenvalue weighted by Gasteiger charge is -2.13. The lowest BCUT2D eigenvalue weighted by atomic mass is 10.2. The van der Waals surface area contributed by atoms with Crippen molar-refractivity contribution in [2.45, 2.75) is 26.5 Å². The Kier molecular flexibility index (Phi) is 3.49. The van der Waals surface area contributed by atoms with Gasteiger partial charge in [-0.1, -0.05) is 6.07 Å². The zero-order valence-corrected chi connectivity index (χ0v) is 10.6. The van der Waals surface area contributed by atoms with Gasteiger partial charge in [-0.3, -0.25) is 0 Å². The minimum absolute atomic E-state index is 0.0560. The van der Waals surface area contributed by atoms with Crippen LogP contribution in [0, 0.1) is 11.3 Å². The van der Waals surface area contributed by atoms with E-state index in [0.717, 1.165) is 5.52 Å². The number of ether oxygens (including phenoxy) is 1. The Hall–Kier alpha value is -2.06. The van der Waals surface area contributed by atoms with Crippen molar-refractivity contribution in [2.24, 2.45) is 0 Å². The first kappa shape index (κ1) is 12.4. The number of rotatable bonds is 4. The van der Waals surface area contributed by atoms with Crippen LogP contribution in [0.15, 0.2) is 18.2 Å². The number of nitriles is 1. The normalized spacial score (nSPS) is 12.5. The highest BCUT2D eigenvalue weighted by Gasteiger charge is 2.13. The molecule has 18 heavy (non-hydrogen) atoms. The number of imidazole rings is 1. The summed E-state index contributed by atoms with van der Waals surface area (Å²) in [4.78, 5) is 4.26. The van der Waals surface area contributed by atoms with E-state index in [1.807, 2.05) is 30.5 Å². The van der Waals surface area contributed by atoms with Gasteiger partial charge in [0.05, 0.1) is 23.7 Å². The smallest absolute Gasteiger partial charge is 0.201 e. The monoisotopic (exact) mass is 244 g/mol. The molecule has 94 valence electrons. The maximum Gasteiger partial charge on any atom is 0.201 e. The second-order valence-electron chi connectivity index (χ2n) is 4.13. The number of hydrogen-bond acceptors (Lipinski definition) is 4. The minimum atomic E-state index is 0.0560. The van der Waals surface area contributed by atoms with Gasteiger partial charge in [-0.05, 0) is 26.0 Å². The average Bonchev–Trinajstić information content (AvgIpc) is 2.66. The third-order valence-electron chi connectivity index (χ3n) is 2.82. The highest BCUT2D eigenvalue weighted by molar-refractivity contribution is 5.83. The Bertz CT molecular complexity index is 597. The standard InChI is InChI=1S/C13H16N4O/c1-3-18-9(2)8-17-11-6-4-5-10(7-14)12(11)16-13(17)15/h4-6,9H,3,8H2,1-2H3,(H2,15,16). The van der Waals surface area contributed by atoms with Gasteiger partial charge in [0.2, 0.25) is 5.95 Å². The molecule has 1 aromatic carbocycles. The Morgan fingerprint density at radius 2 is 2.33 bits per heavy atom. The van der Waals surface area contributed by atoms with Crippen molar-refractivity contribution in [3.05, 3.63) is 23.8 Å². The molecule has 0 aliphatic carbocycles. The summed E-state index contributed by atoms with van der Waals surface area (Å²) in [6.45, 7) is 5.24. The van der Waals surface area contributed by atoms with Gasteiger partial charge in [-0.25, -0.2) is 4.98 Å². The van der Waals surface area contributed by atoms with Crippen LogP contribution in [0.1, 0.15) is 19.4 Å².